The van der Waals surface area contributed by atoms with Crippen LogP contribution in [0.25, 0.3) is 0 Å². The van der Waals surface area contributed by atoms with Gasteiger partial charge in [0, 0.05) is 11.6 Å². The number of ether oxygens (including phenoxy) is 1. The lowest BCUT2D eigenvalue weighted by molar-refractivity contribution is -0.117. The highest BCUT2D eigenvalue weighted by atomic mass is 35.5. The summed E-state index contributed by atoms with van der Waals surface area (Å²) in [6, 6.07) is 12.8. The minimum atomic E-state index is -0.132. The number of halogens is 2. The monoisotopic (exact) mass is 366 g/mol. The molecule has 0 saturated carbocycles. The van der Waals surface area contributed by atoms with Gasteiger partial charge in [0.05, 0.1) is 23.9 Å². The van der Waals surface area contributed by atoms with Gasteiger partial charge in [0.2, 0.25) is 5.91 Å². The summed E-state index contributed by atoms with van der Waals surface area (Å²) < 4.78 is 5.42. The van der Waals surface area contributed by atoms with Crippen LogP contribution in [0.1, 0.15) is 12.5 Å². The lowest BCUT2D eigenvalue weighted by atomic mass is 10.2. The van der Waals surface area contributed by atoms with E-state index in [-0.39, 0.29) is 12.5 Å². The fourth-order valence-electron chi connectivity index (χ4n) is 2.25. The Morgan fingerprint density at radius 1 is 1.17 bits per heavy atom. The quantitative estimate of drug-likeness (QED) is 0.786. The van der Waals surface area contributed by atoms with Crippen LogP contribution in [0.3, 0.4) is 0 Å². The number of rotatable bonds is 7. The molecule has 1 amide bonds. The Kier molecular flexibility index (Phi) is 6.91. The van der Waals surface area contributed by atoms with Crippen LogP contribution in [0, 0.1) is 0 Å². The summed E-state index contributed by atoms with van der Waals surface area (Å²) in [6.45, 7) is 3.51. The molecular formula is C18H20Cl2N2O2. The summed E-state index contributed by atoms with van der Waals surface area (Å²) in [5.41, 5.74) is 1.67. The van der Waals surface area contributed by atoms with Crippen molar-refractivity contribution in [2.45, 2.75) is 13.5 Å². The van der Waals surface area contributed by atoms with Gasteiger partial charge >= 0.3 is 0 Å². The molecule has 0 radical (unpaired) electrons. The molecular weight excluding hydrogens is 347 g/mol. The van der Waals surface area contributed by atoms with Crippen LogP contribution in [0.2, 0.25) is 10.0 Å². The summed E-state index contributed by atoms with van der Waals surface area (Å²) in [5.74, 6) is 0.715. The Morgan fingerprint density at radius 2 is 1.88 bits per heavy atom. The van der Waals surface area contributed by atoms with E-state index in [1.807, 2.05) is 43.1 Å². The maximum Gasteiger partial charge on any atom is 0.238 e. The largest absolute Gasteiger partial charge is 0.494 e. The third kappa shape index (κ3) is 5.71. The fourth-order valence-corrected chi connectivity index (χ4v) is 2.71. The predicted octanol–water partition coefficient (Wildman–Crippen LogP) is 4.46. The van der Waals surface area contributed by atoms with E-state index in [1.165, 1.54) is 0 Å². The molecule has 0 aliphatic rings. The summed E-state index contributed by atoms with van der Waals surface area (Å²) in [4.78, 5) is 14.1. The van der Waals surface area contributed by atoms with Gasteiger partial charge in [-0.05, 0) is 49.9 Å². The molecule has 128 valence electrons. The maximum absolute atomic E-state index is 12.1. The second-order valence-corrected chi connectivity index (χ2v) is 6.27. The number of hydrogen-bond donors (Lipinski definition) is 1. The minimum absolute atomic E-state index is 0.132. The van der Waals surface area contributed by atoms with Crippen molar-refractivity contribution < 1.29 is 9.53 Å². The summed E-state index contributed by atoms with van der Waals surface area (Å²) >= 11 is 11.9. The highest BCUT2D eigenvalue weighted by molar-refractivity contribution is 6.36. The van der Waals surface area contributed by atoms with Gasteiger partial charge in [-0.2, -0.15) is 0 Å². The van der Waals surface area contributed by atoms with Gasteiger partial charge in [-0.25, -0.2) is 0 Å². The van der Waals surface area contributed by atoms with Crippen LogP contribution in [-0.4, -0.2) is 31.0 Å². The SMILES string of the molecule is CCOc1ccc(CN(C)CC(=O)Nc2ccc(Cl)cc2Cl)cc1. The number of likely N-dealkylation sites (N-methyl/N-ethyl adjacent to an activating group) is 1. The number of carbonyl (C=O) groups is 1. The summed E-state index contributed by atoms with van der Waals surface area (Å²) in [6.07, 6.45) is 0. The zero-order valence-electron chi connectivity index (χ0n) is 13.7. The van der Waals surface area contributed by atoms with E-state index >= 15 is 0 Å². The first-order chi connectivity index (χ1) is 11.5. The number of carbonyl (C=O) groups excluding carboxylic acids is 1. The molecule has 0 aliphatic heterocycles. The standard InChI is InChI=1S/C18H20Cl2N2O2/c1-3-24-15-7-4-13(5-8-15)11-22(2)12-18(23)21-17-9-6-14(19)10-16(17)20/h4-10H,3,11-12H2,1-2H3,(H,21,23). The van der Waals surface area contributed by atoms with E-state index in [2.05, 4.69) is 5.32 Å². The fraction of sp³-hybridized carbons (Fsp3) is 0.278. The second-order valence-electron chi connectivity index (χ2n) is 5.42. The highest BCUT2D eigenvalue weighted by Crippen LogP contribution is 2.25. The first kappa shape index (κ1) is 18.6. The number of nitrogens with one attached hydrogen (secondary N) is 1. The van der Waals surface area contributed by atoms with Crippen LogP contribution in [0.4, 0.5) is 5.69 Å². The molecule has 2 aromatic rings. The Bertz CT molecular complexity index is 690. The molecule has 6 heteroatoms. The van der Waals surface area contributed by atoms with Gasteiger partial charge in [-0.15, -0.1) is 0 Å². The molecule has 0 heterocycles. The minimum Gasteiger partial charge on any atom is -0.494 e. The molecule has 1 N–H and O–H groups in total. The van der Waals surface area contributed by atoms with Gasteiger partial charge in [0.15, 0.2) is 0 Å². The van der Waals surface area contributed by atoms with Gasteiger partial charge in [0.1, 0.15) is 5.75 Å². The Labute approximate surface area is 152 Å². The van der Waals surface area contributed by atoms with E-state index in [1.54, 1.807) is 18.2 Å². The lowest BCUT2D eigenvalue weighted by Gasteiger charge is -2.17. The Hall–Kier alpha value is -1.75. The van der Waals surface area contributed by atoms with E-state index < -0.39 is 0 Å². The van der Waals surface area contributed by atoms with Crippen LogP contribution in [0.15, 0.2) is 42.5 Å². The van der Waals surface area contributed by atoms with Crippen LogP contribution < -0.4 is 10.1 Å². The number of nitrogens with zero attached hydrogens (tertiary/aromatic N) is 1. The number of anilines is 1. The Morgan fingerprint density at radius 3 is 2.50 bits per heavy atom. The molecule has 0 unspecified atom stereocenters. The molecule has 2 aromatic carbocycles. The van der Waals surface area contributed by atoms with Crippen molar-refractivity contribution in [2.24, 2.45) is 0 Å². The topological polar surface area (TPSA) is 41.6 Å². The number of hydrogen-bond acceptors (Lipinski definition) is 3. The smallest absolute Gasteiger partial charge is 0.238 e. The third-order valence-electron chi connectivity index (χ3n) is 3.31. The number of amides is 1. The molecule has 0 bridgehead atoms. The van der Waals surface area contributed by atoms with Crippen molar-refractivity contribution in [1.29, 1.82) is 0 Å². The predicted molar refractivity (Wildman–Crippen MR) is 99.0 cm³/mol. The first-order valence-corrected chi connectivity index (χ1v) is 8.38. The van der Waals surface area contributed by atoms with Crippen molar-refractivity contribution in [2.75, 3.05) is 25.5 Å². The summed E-state index contributed by atoms with van der Waals surface area (Å²) in [7, 11) is 1.89. The molecule has 0 aromatic heterocycles. The van der Waals surface area contributed by atoms with Gasteiger partial charge in [-0.1, -0.05) is 35.3 Å². The van der Waals surface area contributed by atoms with Crippen molar-refractivity contribution >= 4 is 34.8 Å². The zero-order valence-corrected chi connectivity index (χ0v) is 15.2. The third-order valence-corrected chi connectivity index (χ3v) is 3.85. The van der Waals surface area contributed by atoms with Crippen LogP contribution in [0.5, 0.6) is 5.75 Å². The first-order valence-electron chi connectivity index (χ1n) is 7.63. The molecule has 0 spiro atoms. The molecule has 0 fully saturated rings. The van der Waals surface area contributed by atoms with Crippen molar-refractivity contribution in [3.05, 3.63) is 58.1 Å². The molecule has 0 aliphatic carbocycles. The average molecular weight is 367 g/mol. The van der Waals surface area contributed by atoms with Crippen LogP contribution >= 0.6 is 23.2 Å². The number of benzene rings is 2. The lowest BCUT2D eigenvalue weighted by Crippen LogP contribution is -2.29. The maximum atomic E-state index is 12.1. The molecule has 0 saturated heterocycles. The highest BCUT2D eigenvalue weighted by Gasteiger charge is 2.10. The Balaban J connectivity index is 1.86. The van der Waals surface area contributed by atoms with Gasteiger partial charge in [-0.3, -0.25) is 9.69 Å². The van der Waals surface area contributed by atoms with Crippen molar-refractivity contribution in [3.8, 4) is 5.75 Å². The van der Waals surface area contributed by atoms with E-state index in [4.69, 9.17) is 27.9 Å². The zero-order chi connectivity index (χ0) is 17.5. The molecule has 2 rings (SSSR count). The molecule has 0 atom stereocenters. The van der Waals surface area contributed by atoms with Crippen molar-refractivity contribution in [1.82, 2.24) is 4.90 Å². The molecule has 24 heavy (non-hydrogen) atoms. The average Bonchev–Trinajstić information content (AvgIpc) is 2.52. The summed E-state index contributed by atoms with van der Waals surface area (Å²) in [5, 5.41) is 3.74. The normalized spacial score (nSPS) is 10.7. The molecule has 4 nitrogen and oxygen atoms in total. The van der Waals surface area contributed by atoms with E-state index in [9.17, 15) is 4.79 Å². The second kappa shape index (κ2) is 8.92. The van der Waals surface area contributed by atoms with E-state index in [0.29, 0.717) is 28.9 Å². The van der Waals surface area contributed by atoms with E-state index in [0.717, 1.165) is 11.3 Å². The van der Waals surface area contributed by atoms with Gasteiger partial charge < -0.3 is 10.1 Å². The van der Waals surface area contributed by atoms with Crippen LogP contribution in [-0.2, 0) is 11.3 Å². The van der Waals surface area contributed by atoms with Gasteiger partial charge in [0.25, 0.3) is 0 Å². The van der Waals surface area contributed by atoms with Crippen molar-refractivity contribution in [3.63, 3.8) is 0 Å².